The summed E-state index contributed by atoms with van der Waals surface area (Å²) in [5.74, 6) is 1.68. The molecular weight excluding hydrogens is 350 g/mol. The fraction of sp³-hybridized carbons (Fsp3) is 0.944. The van der Waals surface area contributed by atoms with Crippen molar-refractivity contribution in [1.29, 1.82) is 0 Å². The lowest BCUT2D eigenvalue weighted by atomic mass is 10.1. The van der Waals surface area contributed by atoms with Gasteiger partial charge < -0.3 is 15.5 Å². The van der Waals surface area contributed by atoms with Gasteiger partial charge in [-0.1, -0.05) is 26.7 Å². The molecule has 0 amide bonds. The van der Waals surface area contributed by atoms with Gasteiger partial charge in [-0.3, -0.25) is 4.99 Å². The molecule has 0 radical (unpaired) electrons. The summed E-state index contributed by atoms with van der Waals surface area (Å²) in [6.45, 7) is 8.56. The monoisotopic (exact) mass is 387 g/mol. The maximum Gasteiger partial charge on any atom is 0.215 e. The van der Waals surface area contributed by atoms with E-state index in [9.17, 15) is 8.42 Å². The molecule has 1 unspecified atom stereocenters. The van der Waals surface area contributed by atoms with E-state index in [-0.39, 0.29) is 5.75 Å². The average molecular weight is 388 g/mol. The van der Waals surface area contributed by atoms with Crippen LogP contribution in [0.3, 0.4) is 0 Å². The van der Waals surface area contributed by atoms with Crippen molar-refractivity contribution >= 4 is 16.0 Å². The molecule has 1 saturated heterocycles. The third kappa shape index (κ3) is 6.39. The highest BCUT2D eigenvalue weighted by molar-refractivity contribution is 7.89. The van der Waals surface area contributed by atoms with E-state index in [1.165, 1.54) is 36.5 Å². The number of nitrogens with one attached hydrogen (secondary N) is 2. The molecule has 2 aliphatic rings. The average Bonchev–Trinajstić information content (AvgIpc) is 3.27. The minimum atomic E-state index is -3.20. The maximum atomic E-state index is 12.2. The van der Waals surface area contributed by atoms with Gasteiger partial charge in [-0.25, -0.2) is 12.7 Å². The SMILES string of the molecule is CCN(CC)S(=O)(=O)CCNC(=NC)NC1CCN(CC2CCCC2)C1. The van der Waals surface area contributed by atoms with Gasteiger partial charge in [0.1, 0.15) is 0 Å². The summed E-state index contributed by atoms with van der Waals surface area (Å²) >= 11 is 0. The summed E-state index contributed by atoms with van der Waals surface area (Å²) in [4.78, 5) is 6.81. The second-order valence-corrected chi connectivity index (χ2v) is 9.53. The van der Waals surface area contributed by atoms with Crippen molar-refractivity contribution in [3.63, 3.8) is 0 Å². The second-order valence-electron chi connectivity index (χ2n) is 7.44. The number of hydrogen-bond donors (Lipinski definition) is 2. The van der Waals surface area contributed by atoms with Crippen molar-refractivity contribution in [3.8, 4) is 0 Å². The largest absolute Gasteiger partial charge is 0.355 e. The van der Waals surface area contributed by atoms with Gasteiger partial charge in [0.15, 0.2) is 5.96 Å². The van der Waals surface area contributed by atoms with E-state index in [1.54, 1.807) is 7.05 Å². The van der Waals surface area contributed by atoms with E-state index in [0.717, 1.165) is 25.4 Å². The summed E-state index contributed by atoms with van der Waals surface area (Å²) in [7, 11) is -1.46. The van der Waals surface area contributed by atoms with Gasteiger partial charge in [-0.15, -0.1) is 0 Å². The first-order valence-electron chi connectivity index (χ1n) is 10.2. The summed E-state index contributed by atoms with van der Waals surface area (Å²) in [6, 6.07) is 0.391. The summed E-state index contributed by atoms with van der Waals surface area (Å²) in [6.07, 6.45) is 6.68. The first-order valence-corrected chi connectivity index (χ1v) is 11.8. The smallest absolute Gasteiger partial charge is 0.215 e. The number of aliphatic imine (C=N–C) groups is 1. The molecule has 1 aliphatic carbocycles. The molecule has 1 atom stereocenters. The Hall–Kier alpha value is -0.860. The van der Waals surface area contributed by atoms with Crippen LogP contribution in [-0.2, 0) is 10.0 Å². The molecule has 0 spiro atoms. The minimum absolute atomic E-state index is 0.0911. The van der Waals surface area contributed by atoms with Crippen LogP contribution in [0.15, 0.2) is 4.99 Å². The third-order valence-electron chi connectivity index (χ3n) is 5.58. The molecule has 152 valence electrons. The Bertz CT molecular complexity index is 542. The Morgan fingerprint density at radius 2 is 1.88 bits per heavy atom. The second kappa shape index (κ2) is 10.5. The number of rotatable bonds is 9. The van der Waals surface area contributed by atoms with Crippen molar-refractivity contribution in [2.75, 3.05) is 52.1 Å². The molecule has 0 aromatic heterocycles. The topological polar surface area (TPSA) is 77.0 Å². The summed E-state index contributed by atoms with van der Waals surface area (Å²) in [5.41, 5.74) is 0. The highest BCUT2D eigenvalue weighted by atomic mass is 32.2. The van der Waals surface area contributed by atoms with E-state index in [0.29, 0.717) is 31.6 Å². The zero-order chi connectivity index (χ0) is 19.0. The Kier molecular flexibility index (Phi) is 8.63. The van der Waals surface area contributed by atoms with E-state index in [1.807, 2.05) is 13.8 Å². The highest BCUT2D eigenvalue weighted by Crippen LogP contribution is 2.26. The van der Waals surface area contributed by atoms with Gasteiger partial charge in [-0.2, -0.15) is 0 Å². The molecule has 0 bridgehead atoms. The quantitative estimate of drug-likeness (QED) is 0.457. The lowest BCUT2D eigenvalue weighted by Crippen LogP contribution is -2.46. The zero-order valence-electron chi connectivity index (χ0n) is 16.7. The molecule has 8 heteroatoms. The van der Waals surface area contributed by atoms with Crippen LogP contribution in [-0.4, -0.2) is 81.7 Å². The predicted octanol–water partition coefficient (Wildman–Crippen LogP) is 1.09. The molecule has 2 fully saturated rings. The first-order chi connectivity index (χ1) is 12.5. The van der Waals surface area contributed by atoms with Crippen LogP contribution in [0.2, 0.25) is 0 Å². The molecule has 0 aromatic rings. The van der Waals surface area contributed by atoms with Crippen molar-refractivity contribution in [3.05, 3.63) is 0 Å². The van der Waals surface area contributed by atoms with Crippen molar-refractivity contribution in [2.24, 2.45) is 10.9 Å². The van der Waals surface area contributed by atoms with Crippen LogP contribution in [0.25, 0.3) is 0 Å². The van der Waals surface area contributed by atoms with Crippen LogP contribution in [0.5, 0.6) is 0 Å². The maximum absolute atomic E-state index is 12.2. The molecule has 1 heterocycles. The Morgan fingerprint density at radius 3 is 2.50 bits per heavy atom. The van der Waals surface area contributed by atoms with Gasteiger partial charge in [0.25, 0.3) is 0 Å². The molecule has 1 saturated carbocycles. The van der Waals surface area contributed by atoms with E-state index >= 15 is 0 Å². The summed E-state index contributed by atoms with van der Waals surface area (Å²) < 4.78 is 26.0. The van der Waals surface area contributed by atoms with Gasteiger partial charge in [0, 0.05) is 52.4 Å². The van der Waals surface area contributed by atoms with Crippen LogP contribution < -0.4 is 10.6 Å². The van der Waals surface area contributed by atoms with Crippen molar-refractivity contribution in [2.45, 2.75) is 52.0 Å². The zero-order valence-corrected chi connectivity index (χ0v) is 17.5. The number of sulfonamides is 1. The van der Waals surface area contributed by atoms with Crippen molar-refractivity contribution in [1.82, 2.24) is 19.8 Å². The lowest BCUT2D eigenvalue weighted by molar-refractivity contribution is 0.275. The molecule has 0 aromatic carbocycles. The molecule has 7 nitrogen and oxygen atoms in total. The Labute approximate surface area is 159 Å². The fourth-order valence-corrected chi connectivity index (χ4v) is 5.51. The normalized spacial score (nSPS) is 23.1. The number of likely N-dealkylation sites (tertiary alicyclic amines) is 1. The Morgan fingerprint density at radius 1 is 1.19 bits per heavy atom. The highest BCUT2D eigenvalue weighted by Gasteiger charge is 2.26. The van der Waals surface area contributed by atoms with Crippen LogP contribution in [0, 0.1) is 5.92 Å². The van der Waals surface area contributed by atoms with E-state index in [4.69, 9.17) is 0 Å². The standard InChI is InChI=1S/C18H37N5O2S/c1-4-23(5-2)26(24,25)13-11-20-18(19-3)21-17-10-12-22(15-17)14-16-8-6-7-9-16/h16-17H,4-15H2,1-3H3,(H2,19,20,21). The van der Waals surface area contributed by atoms with Crippen LogP contribution >= 0.6 is 0 Å². The first kappa shape index (κ1) is 21.4. The van der Waals surface area contributed by atoms with Gasteiger partial charge in [0.2, 0.25) is 10.0 Å². The van der Waals surface area contributed by atoms with Gasteiger partial charge in [-0.05, 0) is 25.2 Å². The van der Waals surface area contributed by atoms with Gasteiger partial charge >= 0.3 is 0 Å². The summed E-state index contributed by atoms with van der Waals surface area (Å²) in [5, 5.41) is 6.61. The van der Waals surface area contributed by atoms with Crippen LogP contribution in [0.1, 0.15) is 46.0 Å². The molecule has 1 aliphatic heterocycles. The predicted molar refractivity (Wildman–Crippen MR) is 108 cm³/mol. The van der Waals surface area contributed by atoms with Gasteiger partial charge in [0.05, 0.1) is 5.75 Å². The van der Waals surface area contributed by atoms with E-state index in [2.05, 4.69) is 20.5 Å². The lowest BCUT2D eigenvalue weighted by Gasteiger charge is -2.22. The van der Waals surface area contributed by atoms with Crippen molar-refractivity contribution < 1.29 is 8.42 Å². The molecule has 26 heavy (non-hydrogen) atoms. The molecule has 2 rings (SSSR count). The molecular formula is C18H37N5O2S. The minimum Gasteiger partial charge on any atom is -0.355 e. The molecule has 2 N–H and O–H groups in total. The Balaban J connectivity index is 1.71. The third-order valence-corrected chi connectivity index (χ3v) is 7.60. The van der Waals surface area contributed by atoms with Crippen LogP contribution in [0.4, 0.5) is 0 Å². The number of guanidine groups is 1. The number of hydrogen-bond acceptors (Lipinski definition) is 4. The number of nitrogens with zero attached hydrogens (tertiary/aromatic N) is 3. The van der Waals surface area contributed by atoms with E-state index < -0.39 is 10.0 Å². The fourth-order valence-electron chi connectivity index (χ4n) is 4.11.